The second-order valence-corrected chi connectivity index (χ2v) is 3.64. The van der Waals surface area contributed by atoms with Gasteiger partial charge in [0.15, 0.2) is 0 Å². The lowest BCUT2D eigenvalue weighted by atomic mass is 9.92. The molecule has 88 valence electrons. The highest BCUT2D eigenvalue weighted by Crippen LogP contribution is 2.32. The van der Waals surface area contributed by atoms with Crippen LogP contribution in [0.3, 0.4) is 0 Å². The van der Waals surface area contributed by atoms with Crippen molar-refractivity contribution in [2.75, 3.05) is 7.11 Å². The molecule has 0 aliphatic carbocycles. The van der Waals surface area contributed by atoms with Crippen LogP contribution in [0.1, 0.15) is 24.5 Å². The molecule has 0 saturated carbocycles. The van der Waals surface area contributed by atoms with Gasteiger partial charge in [-0.25, -0.2) is 9.18 Å². The zero-order valence-corrected chi connectivity index (χ0v) is 9.58. The van der Waals surface area contributed by atoms with Crippen LogP contribution in [-0.2, 0) is 10.5 Å². The molecule has 0 fully saturated rings. The van der Waals surface area contributed by atoms with E-state index in [0.717, 1.165) is 5.56 Å². The van der Waals surface area contributed by atoms with Gasteiger partial charge in [0.1, 0.15) is 5.75 Å². The Morgan fingerprint density at radius 2 is 2.19 bits per heavy atom. The Kier molecular flexibility index (Phi) is 3.52. The first kappa shape index (κ1) is 12.5. The van der Waals surface area contributed by atoms with Crippen LogP contribution in [-0.4, -0.2) is 18.2 Å². The Hall–Kier alpha value is -1.58. The molecule has 0 amide bonds. The zero-order chi connectivity index (χ0) is 12.3. The van der Waals surface area contributed by atoms with Crippen LogP contribution in [0.15, 0.2) is 18.2 Å². The number of methoxy groups -OCH3 is 1. The van der Waals surface area contributed by atoms with Crippen LogP contribution in [0, 0.1) is 6.92 Å². The maximum atomic E-state index is 14.2. The van der Waals surface area contributed by atoms with E-state index < -0.39 is 11.6 Å². The standard InChI is InChI=1S/C12H15FO3/c1-4-12(13,11(14)15)9-5-6-10(16-3)8(2)7-9/h5-7H,4H2,1-3H3,(H,14,15). The summed E-state index contributed by atoms with van der Waals surface area (Å²) in [6.07, 6.45) is -0.103. The summed E-state index contributed by atoms with van der Waals surface area (Å²) in [5.74, 6) is -0.841. The molecule has 1 rings (SSSR count). The van der Waals surface area contributed by atoms with Crippen LogP contribution >= 0.6 is 0 Å². The number of hydrogen-bond donors (Lipinski definition) is 1. The summed E-state index contributed by atoms with van der Waals surface area (Å²) >= 11 is 0. The van der Waals surface area contributed by atoms with E-state index in [9.17, 15) is 9.18 Å². The predicted molar refractivity (Wildman–Crippen MR) is 58.4 cm³/mol. The molecule has 16 heavy (non-hydrogen) atoms. The van der Waals surface area contributed by atoms with Gasteiger partial charge < -0.3 is 9.84 Å². The Morgan fingerprint density at radius 1 is 1.56 bits per heavy atom. The van der Waals surface area contributed by atoms with Crippen LogP contribution in [0.4, 0.5) is 4.39 Å². The summed E-state index contributed by atoms with van der Waals surface area (Å²) in [5.41, 5.74) is -1.45. The average molecular weight is 226 g/mol. The van der Waals surface area contributed by atoms with Gasteiger partial charge in [-0.3, -0.25) is 0 Å². The van der Waals surface area contributed by atoms with Crippen molar-refractivity contribution in [3.8, 4) is 5.75 Å². The Balaban J connectivity index is 3.23. The molecule has 1 unspecified atom stereocenters. The highest BCUT2D eigenvalue weighted by Gasteiger charge is 2.39. The van der Waals surface area contributed by atoms with E-state index in [4.69, 9.17) is 9.84 Å². The first-order valence-corrected chi connectivity index (χ1v) is 5.03. The molecule has 0 radical (unpaired) electrons. The van der Waals surface area contributed by atoms with Gasteiger partial charge in [-0.05, 0) is 31.0 Å². The summed E-state index contributed by atoms with van der Waals surface area (Å²) in [7, 11) is 1.52. The van der Waals surface area contributed by atoms with E-state index in [1.165, 1.54) is 26.2 Å². The van der Waals surface area contributed by atoms with Crippen LogP contribution in [0.25, 0.3) is 0 Å². The monoisotopic (exact) mass is 226 g/mol. The number of carbonyl (C=O) groups is 1. The van der Waals surface area contributed by atoms with E-state index in [1.54, 1.807) is 13.0 Å². The Bertz CT molecular complexity index is 403. The molecular formula is C12H15FO3. The molecule has 0 aliphatic heterocycles. The second kappa shape index (κ2) is 4.51. The fraction of sp³-hybridized carbons (Fsp3) is 0.417. The van der Waals surface area contributed by atoms with Gasteiger partial charge in [-0.2, -0.15) is 0 Å². The largest absolute Gasteiger partial charge is 0.496 e. The smallest absolute Gasteiger partial charge is 0.346 e. The van der Waals surface area contributed by atoms with E-state index in [2.05, 4.69) is 0 Å². The zero-order valence-electron chi connectivity index (χ0n) is 9.58. The highest BCUT2D eigenvalue weighted by atomic mass is 19.1. The molecule has 1 aromatic carbocycles. The van der Waals surface area contributed by atoms with Gasteiger partial charge >= 0.3 is 5.97 Å². The van der Waals surface area contributed by atoms with E-state index in [-0.39, 0.29) is 12.0 Å². The van der Waals surface area contributed by atoms with Crippen molar-refractivity contribution in [3.63, 3.8) is 0 Å². The third-order valence-corrected chi connectivity index (χ3v) is 2.68. The van der Waals surface area contributed by atoms with Crippen molar-refractivity contribution in [1.82, 2.24) is 0 Å². The summed E-state index contributed by atoms with van der Waals surface area (Å²) in [6, 6.07) is 4.54. The number of halogens is 1. The minimum atomic E-state index is -2.32. The number of alkyl halides is 1. The number of benzene rings is 1. The van der Waals surface area contributed by atoms with Crippen LogP contribution in [0.5, 0.6) is 5.75 Å². The maximum Gasteiger partial charge on any atom is 0.346 e. The quantitative estimate of drug-likeness (QED) is 0.858. The molecule has 4 heteroatoms. The molecule has 3 nitrogen and oxygen atoms in total. The molecule has 0 aromatic heterocycles. The number of aryl methyl sites for hydroxylation is 1. The summed E-state index contributed by atoms with van der Waals surface area (Å²) in [4.78, 5) is 10.9. The molecule has 1 N–H and O–H groups in total. The number of ether oxygens (including phenoxy) is 1. The molecule has 0 heterocycles. The number of aliphatic carboxylic acids is 1. The number of carboxylic acid groups (broad SMARTS) is 1. The predicted octanol–water partition coefficient (Wildman–Crippen LogP) is 2.66. The average Bonchev–Trinajstić information content (AvgIpc) is 2.27. The molecule has 0 spiro atoms. The van der Waals surface area contributed by atoms with Crippen molar-refractivity contribution in [2.24, 2.45) is 0 Å². The minimum absolute atomic E-state index is 0.103. The number of carboxylic acids is 1. The van der Waals surface area contributed by atoms with E-state index in [0.29, 0.717) is 5.75 Å². The van der Waals surface area contributed by atoms with E-state index >= 15 is 0 Å². The fourth-order valence-corrected chi connectivity index (χ4v) is 1.60. The van der Waals surface area contributed by atoms with E-state index in [1.807, 2.05) is 0 Å². The molecular weight excluding hydrogens is 211 g/mol. The molecule has 1 atom stereocenters. The Labute approximate surface area is 93.9 Å². The first-order chi connectivity index (χ1) is 7.45. The number of rotatable bonds is 4. The topological polar surface area (TPSA) is 46.5 Å². The fourth-order valence-electron chi connectivity index (χ4n) is 1.60. The van der Waals surface area contributed by atoms with Crippen molar-refractivity contribution >= 4 is 5.97 Å². The van der Waals surface area contributed by atoms with Gasteiger partial charge in [-0.15, -0.1) is 0 Å². The Morgan fingerprint density at radius 3 is 2.56 bits per heavy atom. The lowest BCUT2D eigenvalue weighted by Gasteiger charge is -2.20. The third kappa shape index (κ3) is 2.01. The molecule has 0 aliphatic rings. The van der Waals surface area contributed by atoms with Crippen LogP contribution < -0.4 is 4.74 Å². The van der Waals surface area contributed by atoms with Crippen molar-refractivity contribution in [2.45, 2.75) is 25.9 Å². The third-order valence-electron chi connectivity index (χ3n) is 2.68. The van der Waals surface area contributed by atoms with Gasteiger partial charge in [-0.1, -0.05) is 13.0 Å². The second-order valence-electron chi connectivity index (χ2n) is 3.64. The van der Waals surface area contributed by atoms with Crippen molar-refractivity contribution in [1.29, 1.82) is 0 Å². The maximum absolute atomic E-state index is 14.2. The molecule has 1 aromatic rings. The summed E-state index contributed by atoms with van der Waals surface area (Å²) < 4.78 is 19.2. The summed E-state index contributed by atoms with van der Waals surface area (Å²) in [6.45, 7) is 3.26. The number of hydrogen-bond acceptors (Lipinski definition) is 2. The van der Waals surface area contributed by atoms with Gasteiger partial charge in [0.05, 0.1) is 7.11 Å². The molecule has 0 saturated heterocycles. The van der Waals surface area contributed by atoms with Crippen molar-refractivity contribution < 1.29 is 19.0 Å². The summed E-state index contributed by atoms with van der Waals surface area (Å²) in [5, 5.41) is 8.90. The molecule has 0 bridgehead atoms. The van der Waals surface area contributed by atoms with Gasteiger partial charge in [0.25, 0.3) is 0 Å². The lowest BCUT2D eigenvalue weighted by Crippen LogP contribution is -2.30. The normalized spacial score (nSPS) is 14.2. The minimum Gasteiger partial charge on any atom is -0.496 e. The van der Waals surface area contributed by atoms with Crippen molar-refractivity contribution in [3.05, 3.63) is 29.3 Å². The van der Waals surface area contributed by atoms with Crippen LogP contribution in [0.2, 0.25) is 0 Å². The van der Waals surface area contributed by atoms with Gasteiger partial charge in [0, 0.05) is 5.56 Å². The first-order valence-electron chi connectivity index (χ1n) is 5.03. The highest BCUT2D eigenvalue weighted by molar-refractivity contribution is 5.79. The van der Waals surface area contributed by atoms with Gasteiger partial charge in [0.2, 0.25) is 5.67 Å². The lowest BCUT2D eigenvalue weighted by molar-refractivity contribution is -0.151. The SMILES string of the molecule is CCC(F)(C(=O)O)c1ccc(OC)c(C)c1.